The summed E-state index contributed by atoms with van der Waals surface area (Å²) >= 11 is 0. The Hall–Kier alpha value is -4.07. The molecule has 8 nitrogen and oxygen atoms in total. The number of anilines is 3. The van der Waals surface area contributed by atoms with Crippen LogP contribution < -0.4 is 16.0 Å². The number of nitrogens with zero attached hydrogens (tertiary/aromatic N) is 1. The van der Waals surface area contributed by atoms with Crippen LogP contribution in [0.5, 0.6) is 0 Å². The second kappa shape index (κ2) is 15.5. The van der Waals surface area contributed by atoms with Crippen molar-refractivity contribution in [2.45, 2.75) is 58.9 Å². The minimum Gasteiger partial charge on any atom is -0.501 e. The number of carbonyl (C=O) groups is 2. The molecule has 0 fully saturated rings. The van der Waals surface area contributed by atoms with Gasteiger partial charge in [-0.15, -0.1) is 0 Å². The number of methoxy groups -OCH3 is 2. The molecule has 2 unspecified atom stereocenters. The van der Waals surface area contributed by atoms with Gasteiger partial charge >= 0.3 is 0 Å². The van der Waals surface area contributed by atoms with Gasteiger partial charge in [-0.2, -0.15) is 0 Å². The summed E-state index contributed by atoms with van der Waals surface area (Å²) in [4.78, 5) is 29.7. The van der Waals surface area contributed by atoms with Crippen molar-refractivity contribution in [2.24, 2.45) is 16.8 Å². The summed E-state index contributed by atoms with van der Waals surface area (Å²) in [6.45, 7) is 8.46. The zero-order valence-corrected chi connectivity index (χ0v) is 24.1. The van der Waals surface area contributed by atoms with Crippen molar-refractivity contribution in [3.05, 3.63) is 71.7 Å². The molecule has 3 N–H and O–H groups in total. The molecule has 1 aliphatic rings. The molecular weight excluding hydrogens is 504 g/mol. The van der Waals surface area contributed by atoms with Gasteiger partial charge in [0.15, 0.2) is 0 Å². The van der Waals surface area contributed by atoms with Crippen LogP contribution in [-0.4, -0.2) is 32.8 Å². The van der Waals surface area contributed by atoms with Crippen molar-refractivity contribution < 1.29 is 19.1 Å². The molecule has 0 saturated heterocycles. The van der Waals surface area contributed by atoms with Gasteiger partial charge in [0.2, 0.25) is 11.8 Å². The number of rotatable bonds is 14. The maximum Gasteiger partial charge on any atom is 0.231 e. The van der Waals surface area contributed by atoms with Crippen molar-refractivity contribution in [1.29, 1.82) is 0 Å². The zero-order valence-electron chi connectivity index (χ0n) is 24.1. The van der Waals surface area contributed by atoms with Crippen LogP contribution in [0.4, 0.5) is 22.7 Å². The third kappa shape index (κ3) is 8.73. The quantitative estimate of drug-likeness (QED) is 0.218. The Morgan fingerprint density at radius 1 is 1.02 bits per heavy atom. The maximum atomic E-state index is 13.0. The van der Waals surface area contributed by atoms with Crippen molar-refractivity contribution in [2.75, 3.05) is 30.2 Å². The number of unbranched alkanes of at least 4 members (excludes halogenated alkanes) is 1. The highest BCUT2D eigenvalue weighted by Crippen LogP contribution is 2.30. The van der Waals surface area contributed by atoms with Crippen LogP contribution in [0, 0.1) is 11.8 Å². The number of hydrogen-bond acceptors (Lipinski definition) is 6. The summed E-state index contributed by atoms with van der Waals surface area (Å²) in [6, 6.07) is 13.3. The van der Waals surface area contributed by atoms with E-state index in [4.69, 9.17) is 9.47 Å². The van der Waals surface area contributed by atoms with E-state index in [0.717, 1.165) is 48.4 Å². The number of benzene rings is 2. The minimum atomic E-state index is -0.377. The topological polar surface area (TPSA) is 101 Å². The smallest absolute Gasteiger partial charge is 0.231 e. The van der Waals surface area contributed by atoms with Crippen LogP contribution in [-0.2, 0) is 25.6 Å². The van der Waals surface area contributed by atoms with Crippen LogP contribution in [0.25, 0.3) is 0 Å². The van der Waals surface area contributed by atoms with Gasteiger partial charge in [0.25, 0.3) is 0 Å². The molecule has 40 heavy (non-hydrogen) atoms. The second-order valence-corrected chi connectivity index (χ2v) is 9.90. The van der Waals surface area contributed by atoms with Gasteiger partial charge < -0.3 is 25.4 Å². The fourth-order valence-electron chi connectivity index (χ4n) is 4.58. The highest BCUT2D eigenvalue weighted by atomic mass is 16.5. The monoisotopic (exact) mass is 546 g/mol. The number of hydrogen-bond donors (Lipinski definition) is 3. The van der Waals surface area contributed by atoms with E-state index in [1.54, 1.807) is 20.3 Å². The van der Waals surface area contributed by atoms with Crippen LogP contribution in [0.1, 0.15) is 57.9 Å². The Bertz CT molecular complexity index is 1220. The largest absolute Gasteiger partial charge is 0.501 e. The van der Waals surface area contributed by atoms with E-state index < -0.39 is 0 Å². The number of carbonyl (C=O) groups excluding carboxylic acids is 2. The summed E-state index contributed by atoms with van der Waals surface area (Å²) in [5.41, 5.74) is 3.92. The van der Waals surface area contributed by atoms with Crippen molar-refractivity contribution in [1.82, 2.24) is 0 Å². The average molecular weight is 547 g/mol. The number of ether oxygens (including phenoxy) is 2. The third-order valence-corrected chi connectivity index (χ3v) is 7.11. The maximum absolute atomic E-state index is 13.0. The molecule has 2 amide bonds. The Kier molecular flexibility index (Phi) is 11.8. The number of aliphatic imine (C=N–C) groups is 1. The Labute approximate surface area is 237 Å². The molecule has 0 heterocycles. The van der Waals surface area contributed by atoms with Crippen molar-refractivity contribution in [3.8, 4) is 0 Å². The van der Waals surface area contributed by atoms with Gasteiger partial charge in [-0.05, 0) is 74.0 Å². The molecule has 1 aliphatic carbocycles. The van der Waals surface area contributed by atoms with E-state index >= 15 is 0 Å². The molecule has 0 bridgehead atoms. The van der Waals surface area contributed by atoms with E-state index in [2.05, 4.69) is 41.5 Å². The molecule has 0 radical (unpaired) electrons. The first-order chi connectivity index (χ1) is 19.4. The van der Waals surface area contributed by atoms with E-state index in [9.17, 15) is 9.59 Å². The second-order valence-electron chi connectivity index (χ2n) is 9.90. The van der Waals surface area contributed by atoms with Crippen molar-refractivity contribution in [3.63, 3.8) is 0 Å². The van der Waals surface area contributed by atoms with Gasteiger partial charge in [-0.25, -0.2) is 0 Å². The predicted octanol–water partition coefficient (Wildman–Crippen LogP) is 7.19. The lowest BCUT2D eigenvalue weighted by atomic mass is 9.98. The van der Waals surface area contributed by atoms with E-state index in [-0.39, 0.29) is 23.7 Å². The molecule has 2 aromatic carbocycles. The normalized spacial score (nSPS) is 15.6. The van der Waals surface area contributed by atoms with E-state index in [1.165, 1.54) is 0 Å². The first kappa shape index (κ1) is 30.5. The summed E-state index contributed by atoms with van der Waals surface area (Å²) < 4.78 is 10.8. The number of amides is 2. The van der Waals surface area contributed by atoms with Gasteiger partial charge in [-0.3, -0.25) is 14.6 Å². The lowest BCUT2D eigenvalue weighted by molar-refractivity contribution is -0.120. The highest BCUT2D eigenvalue weighted by molar-refractivity contribution is 5.95. The molecule has 8 heteroatoms. The molecule has 0 aromatic heterocycles. The SMILES string of the molecule is C=Nc1cc(NC(=O)C2C=C(OC)CC(OC)=CC2)ccc1NCc1ccc(NC(=O)C(CC)CCCC)cc1. The number of allylic oxidation sites excluding steroid dienone is 1. The van der Waals surface area contributed by atoms with Crippen molar-refractivity contribution >= 4 is 41.3 Å². The molecular formula is C32H42N4O4. The first-order valence-corrected chi connectivity index (χ1v) is 13.9. The summed E-state index contributed by atoms with van der Waals surface area (Å²) in [5, 5.41) is 9.41. The molecule has 0 spiro atoms. The molecule has 214 valence electrons. The predicted molar refractivity (Wildman–Crippen MR) is 163 cm³/mol. The Balaban J connectivity index is 1.59. The number of nitrogens with one attached hydrogen (secondary N) is 3. The fraction of sp³-hybridized carbons (Fsp3) is 0.406. The lowest BCUT2D eigenvalue weighted by Crippen LogP contribution is -2.22. The van der Waals surface area contributed by atoms with Gasteiger partial charge in [0.05, 0.1) is 49.5 Å². The summed E-state index contributed by atoms with van der Waals surface area (Å²) in [5.74, 6) is 1.10. The molecule has 0 aliphatic heterocycles. The van der Waals surface area contributed by atoms with Gasteiger partial charge in [-0.1, -0.05) is 38.8 Å². The first-order valence-electron chi connectivity index (χ1n) is 13.9. The van der Waals surface area contributed by atoms with Crippen LogP contribution in [0.2, 0.25) is 0 Å². The molecule has 0 saturated carbocycles. The molecule has 2 atom stereocenters. The Morgan fingerprint density at radius 2 is 1.75 bits per heavy atom. The fourth-order valence-corrected chi connectivity index (χ4v) is 4.58. The van der Waals surface area contributed by atoms with E-state index in [0.29, 0.717) is 36.5 Å². The minimum absolute atomic E-state index is 0.0469. The average Bonchev–Trinajstić information content (AvgIpc) is 3.20. The molecule has 2 aromatic rings. The third-order valence-electron chi connectivity index (χ3n) is 7.11. The lowest BCUT2D eigenvalue weighted by Gasteiger charge is -2.15. The summed E-state index contributed by atoms with van der Waals surface area (Å²) in [6.07, 6.45) is 8.72. The zero-order chi connectivity index (χ0) is 28.9. The van der Waals surface area contributed by atoms with E-state index in [1.807, 2.05) is 48.6 Å². The van der Waals surface area contributed by atoms with Crippen LogP contribution in [0.15, 0.2) is 71.1 Å². The highest BCUT2D eigenvalue weighted by Gasteiger charge is 2.21. The Morgan fingerprint density at radius 3 is 2.40 bits per heavy atom. The molecule has 3 rings (SSSR count). The summed E-state index contributed by atoms with van der Waals surface area (Å²) in [7, 11) is 3.21. The standard InChI is InChI=1S/C32H42N4O4/c1-6-8-9-23(7-2)31(37)35-25-13-10-22(11-14-25)21-34-29-17-15-26(19-30(29)33-3)36-32(38)24-12-16-27(39-4)20-28(18-24)40-5/h10-11,13-19,23-24,34H,3,6-9,12,20-21H2,1-2,4-5H3,(H,35,37)(H,36,38). The van der Waals surface area contributed by atoms with Crippen LogP contribution >= 0.6 is 0 Å². The van der Waals surface area contributed by atoms with Gasteiger partial charge in [0, 0.05) is 23.8 Å². The van der Waals surface area contributed by atoms with Crippen LogP contribution in [0.3, 0.4) is 0 Å². The van der Waals surface area contributed by atoms with Gasteiger partial charge in [0.1, 0.15) is 0 Å².